The number of piperazine rings is 1. The quantitative estimate of drug-likeness (QED) is 0.512. The molecule has 0 aliphatic carbocycles. The van der Waals surface area contributed by atoms with Crippen molar-refractivity contribution in [3.05, 3.63) is 66.0 Å². The Morgan fingerprint density at radius 2 is 1.66 bits per heavy atom. The first-order valence-electron chi connectivity index (χ1n) is 11.2. The van der Waals surface area contributed by atoms with Crippen molar-refractivity contribution in [3.63, 3.8) is 0 Å². The van der Waals surface area contributed by atoms with Gasteiger partial charge in [0.15, 0.2) is 0 Å². The summed E-state index contributed by atoms with van der Waals surface area (Å²) < 4.78 is 17.9. The summed E-state index contributed by atoms with van der Waals surface area (Å²) in [6, 6.07) is 17.0. The fourth-order valence-electron chi connectivity index (χ4n) is 4.82. The van der Waals surface area contributed by atoms with Gasteiger partial charge in [-0.05, 0) is 35.7 Å². The zero-order valence-electron chi connectivity index (χ0n) is 18.5. The topological polar surface area (TPSA) is 53.1 Å². The van der Waals surface area contributed by atoms with Crippen molar-refractivity contribution in [2.45, 2.75) is 12.3 Å². The van der Waals surface area contributed by atoms with E-state index in [1.165, 1.54) is 24.8 Å². The number of ether oxygens (including phenoxy) is 1. The number of carbonyl (C=O) groups excluding carboxylic acids is 2. The van der Waals surface area contributed by atoms with Crippen LogP contribution in [0.15, 0.2) is 54.6 Å². The maximum atomic E-state index is 13.2. The SMILES string of the molecule is COC(=O)CC(=O)N1CC(CN2CCN(c3ccc(F)cc3)CC2)C(c2ccccc2)C1. The largest absolute Gasteiger partial charge is 0.469 e. The molecule has 2 aromatic carbocycles. The van der Waals surface area contributed by atoms with E-state index in [2.05, 4.69) is 26.7 Å². The van der Waals surface area contributed by atoms with Crippen LogP contribution in [0.25, 0.3) is 0 Å². The lowest BCUT2D eigenvalue weighted by atomic mass is 9.88. The van der Waals surface area contributed by atoms with Crippen molar-refractivity contribution in [3.8, 4) is 0 Å². The second kappa shape index (κ2) is 10.1. The lowest BCUT2D eigenvalue weighted by Crippen LogP contribution is -2.48. The van der Waals surface area contributed by atoms with Crippen molar-refractivity contribution in [2.24, 2.45) is 5.92 Å². The molecule has 0 aromatic heterocycles. The molecule has 2 heterocycles. The number of esters is 1. The fraction of sp³-hybridized carbons (Fsp3) is 0.440. The van der Waals surface area contributed by atoms with Crippen molar-refractivity contribution in [1.82, 2.24) is 9.80 Å². The maximum Gasteiger partial charge on any atom is 0.315 e. The van der Waals surface area contributed by atoms with Gasteiger partial charge >= 0.3 is 5.97 Å². The van der Waals surface area contributed by atoms with Gasteiger partial charge in [-0.25, -0.2) is 4.39 Å². The fourth-order valence-corrected chi connectivity index (χ4v) is 4.82. The molecular formula is C25H30FN3O3. The Kier molecular flexibility index (Phi) is 7.05. The van der Waals surface area contributed by atoms with Gasteiger partial charge < -0.3 is 14.5 Å². The molecule has 170 valence electrons. The molecule has 6 nitrogen and oxygen atoms in total. The van der Waals surface area contributed by atoms with Crippen LogP contribution in [0.4, 0.5) is 10.1 Å². The van der Waals surface area contributed by atoms with E-state index in [1.54, 1.807) is 0 Å². The second-order valence-corrected chi connectivity index (χ2v) is 8.59. The predicted molar refractivity (Wildman–Crippen MR) is 121 cm³/mol. The third-order valence-electron chi connectivity index (χ3n) is 6.60. The number of anilines is 1. The molecule has 0 saturated carbocycles. The van der Waals surface area contributed by atoms with Crippen LogP contribution in [-0.4, -0.2) is 74.6 Å². The van der Waals surface area contributed by atoms with E-state index >= 15 is 0 Å². The minimum Gasteiger partial charge on any atom is -0.469 e. The standard InChI is InChI=1S/C25H30FN3O3/c1-32-25(31)15-24(30)29-17-20(23(18-29)19-5-3-2-4-6-19)16-27-11-13-28(14-12-27)22-9-7-21(26)8-10-22/h2-10,20,23H,11-18H2,1H3. The molecule has 7 heteroatoms. The number of hydrogen-bond donors (Lipinski definition) is 0. The average molecular weight is 440 g/mol. The normalized spacial score (nSPS) is 21.6. The van der Waals surface area contributed by atoms with Gasteiger partial charge in [0.1, 0.15) is 12.2 Å². The summed E-state index contributed by atoms with van der Waals surface area (Å²) in [5.41, 5.74) is 2.28. The van der Waals surface area contributed by atoms with Gasteiger partial charge in [-0.2, -0.15) is 0 Å². The zero-order chi connectivity index (χ0) is 22.5. The van der Waals surface area contributed by atoms with Crippen molar-refractivity contribution < 1.29 is 18.7 Å². The first kappa shape index (κ1) is 22.3. The second-order valence-electron chi connectivity index (χ2n) is 8.59. The Hall–Kier alpha value is -2.93. The molecule has 2 saturated heterocycles. The summed E-state index contributed by atoms with van der Waals surface area (Å²) in [7, 11) is 1.31. The molecule has 2 unspecified atom stereocenters. The monoisotopic (exact) mass is 439 g/mol. The molecule has 0 N–H and O–H groups in total. The predicted octanol–water partition coefficient (Wildman–Crippen LogP) is 2.75. The average Bonchev–Trinajstić information content (AvgIpc) is 3.24. The van der Waals surface area contributed by atoms with E-state index in [1.807, 2.05) is 35.2 Å². The minimum atomic E-state index is -0.494. The van der Waals surface area contributed by atoms with Gasteiger partial charge in [0.25, 0.3) is 0 Å². The molecule has 2 atom stereocenters. The first-order chi connectivity index (χ1) is 15.5. The van der Waals surface area contributed by atoms with E-state index in [4.69, 9.17) is 0 Å². The lowest BCUT2D eigenvalue weighted by molar-refractivity contribution is -0.146. The highest BCUT2D eigenvalue weighted by atomic mass is 19.1. The van der Waals surface area contributed by atoms with E-state index in [0.717, 1.165) is 38.4 Å². The van der Waals surface area contributed by atoms with Gasteiger partial charge in [0, 0.05) is 57.4 Å². The number of likely N-dealkylation sites (tertiary alicyclic amines) is 1. The minimum absolute atomic E-state index is 0.165. The number of amides is 1. The number of methoxy groups -OCH3 is 1. The smallest absolute Gasteiger partial charge is 0.315 e. The van der Waals surface area contributed by atoms with Gasteiger partial charge in [-0.3, -0.25) is 14.5 Å². The van der Waals surface area contributed by atoms with Crippen LogP contribution in [0.5, 0.6) is 0 Å². The molecule has 2 aliphatic rings. The van der Waals surface area contributed by atoms with Crippen LogP contribution in [0.3, 0.4) is 0 Å². The highest BCUT2D eigenvalue weighted by Crippen LogP contribution is 2.34. The van der Waals surface area contributed by atoms with Gasteiger partial charge in [0.05, 0.1) is 7.11 Å². The lowest BCUT2D eigenvalue weighted by Gasteiger charge is -2.37. The number of hydrogen-bond acceptors (Lipinski definition) is 5. The summed E-state index contributed by atoms with van der Waals surface area (Å²) >= 11 is 0. The Morgan fingerprint density at radius 3 is 2.31 bits per heavy atom. The van der Waals surface area contributed by atoms with Gasteiger partial charge in [-0.1, -0.05) is 30.3 Å². The Bertz CT molecular complexity index is 914. The Labute approximate surface area is 188 Å². The van der Waals surface area contributed by atoms with Crippen molar-refractivity contribution in [2.75, 3.05) is 57.8 Å². The third-order valence-corrected chi connectivity index (χ3v) is 6.60. The molecule has 2 fully saturated rings. The summed E-state index contributed by atoms with van der Waals surface area (Å²) in [5.74, 6) is -0.329. The summed E-state index contributed by atoms with van der Waals surface area (Å²) in [4.78, 5) is 30.8. The maximum absolute atomic E-state index is 13.2. The summed E-state index contributed by atoms with van der Waals surface area (Å²) in [6.45, 7) is 5.79. The van der Waals surface area contributed by atoms with Gasteiger partial charge in [-0.15, -0.1) is 0 Å². The van der Waals surface area contributed by atoms with Crippen molar-refractivity contribution in [1.29, 1.82) is 0 Å². The molecule has 0 bridgehead atoms. The Morgan fingerprint density at radius 1 is 0.969 bits per heavy atom. The number of halogens is 1. The molecule has 0 radical (unpaired) electrons. The molecule has 2 aliphatic heterocycles. The van der Waals surface area contributed by atoms with Crippen LogP contribution in [0, 0.1) is 11.7 Å². The zero-order valence-corrected chi connectivity index (χ0v) is 18.5. The molecule has 4 rings (SSSR count). The van der Waals surface area contributed by atoms with Crippen LogP contribution in [0.2, 0.25) is 0 Å². The van der Waals surface area contributed by atoms with Crippen molar-refractivity contribution >= 4 is 17.6 Å². The molecule has 0 spiro atoms. The van der Waals surface area contributed by atoms with Gasteiger partial charge in [0.2, 0.25) is 5.91 Å². The summed E-state index contributed by atoms with van der Waals surface area (Å²) in [5, 5.41) is 0. The van der Waals surface area contributed by atoms with E-state index in [0.29, 0.717) is 19.0 Å². The van der Waals surface area contributed by atoms with Crippen LogP contribution >= 0.6 is 0 Å². The molecule has 2 aromatic rings. The third kappa shape index (κ3) is 5.27. The summed E-state index contributed by atoms with van der Waals surface area (Å²) in [6.07, 6.45) is -0.207. The van der Waals surface area contributed by atoms with Crippen LogP contribution in [-0.2, 0) is 14.3 Å². The Balaban J connectivity index is 1.39. The molecular weight excluding hydrogens is 409 g/mol. The number of carbonyl (C=O) groups is 2. The molecule has 1 amide bonds. The van der Waals surface area contributed by atoms with Crippen LogP contribution in [0.1, 0.15) is 17.9 Å². The van der Waals surface area contributed by atoms with Crippen LogP contribution < -0.4 is 4.90 Å². The van der Waals surface area contributed by atoms with E-state index < -0.39 is 5.97 Å². The van der Waals surface area contributed by atoms with E-state index in [-0.39, 0.29) is 24.1 Å². The highest BCUT2D eigenvalue weighted by molar-refractivity contribution is 5.94. The first-order valence-corrected chi connectivity index (χ1v) is 11.2. The number of nitrogens with zero attached hydrogens (tertiary/aromatic N) is 3. The number of benzene rings is 2. The molecule has 32 heavy (non-hydrogen) atoms. The highest BCUT2D eigenvalue weighted by Gasteiger charge is 2.37. The van der Waals surface area contributed by atoms with E-state index in [9.17, 15) is 14.0 Å². The number of rotatable bonds is 6.